The van der Waals surface area contributed by atoms with Gasteiger partial charge in [-0.25, -0.2) is 19.9 Å². The average molecular weight is 356 g/mol. The number of hydrogen-bond donors (Lipinski definition) is 1. The van der Waals surface area contributed by atoms with Crippen LogP contribution in [0, 0.1) is 0 Å². The van der Waals surface area contributed by atoms with E-state index in [1.165, 1.54) is 6.42 Å². The van der Waals surface area contributed by atoms with Crippen molar-refractivity contribution in [2.45, 2.75) is 43.9 Å². The molecule has 1 N–H and O–H groups in total. The van der Waals surface area contributed by atoms with Crippen molar-refractivity contribution in [2.75, 3.05) is 30.4 Å². The summed E-state index contributed by atoms with van der Waals surface area (Å²) in [6.45, 7) is 1.52. The van der Waals surface area contributed by atoms with Crippen molar-refractivity contribution in [1.82, 2.24) is 19.9 Å². The van der Waals surface area contributed by atoms with Crippen molar-refractivity contribution >= 4 is 11.6 Å². The first-order chi connectivity index (χ1) is 12.8. The molecule has 2 atom stereocenters. The van der Waals surface area contributed by atoms with Gasteiger partial charge in [-0.2, -0.15) is 0 Å². The van der Waals surface area contributed by atoms with Crippen LogP contribution in [-0.4, -0.2) is 58.4 Å². The van der Waals surface area contributed by atoms with Gasteiger partial charge in [0.15, 0.2) is 5.82 Å². The molecule has 2 aliphatic rings. The van der Waals surface area contributed by atoms with Crippen LogP contribution >= 0.6 is 0 Å². The normalized spacial score (nSPS) is 22.9. The Hall–Kier alpha value is -2.48. The van der Waals surface area contributed by atoms with Gasteiger partial charge in [-0.15, -0.1) is 0 Å². The number of methoxy groups -OCH3 is 1. The van der Waals surface area contributed by atoms with Gasteiger partial charge in [0.1, 0.15) is 18.2 Å². The Morgan fingerprint density at radius 1 is 1.15 bits per heavy atom. The maximum absolute atomic E-state index is 5.96. The average Bonchev–Trinajstić information content (AvgIpc) is 3.08. The first-order valence-electron chi connectivity index (χ1n) is 9.10. The Bertz CT molecular complexity index is 712. The summed E-state index contributed by atoms with van der Waals surface area (Å²) in [6, 6.07) is 2.17. The maximum atomic E-state index is 5.96. The zero-order valence-electron chi connectivity index (χ0n) is 14.9. The highest BCUT2D eigenvalue weighted by atomic mass is 16.5. The molecule has 1 aliphatic carbocycles. The third-order valence-electron chi connectivity index (χ3n) is 5.07. The van der Waals surface area contributed by atoms with Crippen molar-refractivity contribution < 1.29 is 9.47 Å². The van der Waals surface area contributed by atoms with Crippen LogP contribution < -0.4 is 15.0 Å². The highest BCUT2D eigenvalue weighted by Crippen LogP contribution is 2.29. The molecule has 8 heteroatoms. The first kappa shape index (κ1) is 17.0. The standard InChI is InChI=1S/C18H24N6O2/c1-25-15-9-13(24(11-15)16-5-6-19-12-23-16)10-22-17-18(21-8-7-20-17)26-14-3-2-4-14/h5-8,12-15H,2-4,9-11H2,1H3,(H,20,22)/t13-,15-/m1/s1. The lowest BCUT2D eigenvalue weighted by Crippen LogP contribution is -2.36. The van der Waals surface area contributed by atoms with Crippen LogP contribution in [0.25, 0.3) is 0 Å². The predicted molar refractivity (Wildman–Crippen MR) is 97.4 cm³/mol. The molecule has 2 aromatic rings. The molecule has 2 aromatic heterocycles. The van der Waals surface area contributed by atoms with E-state index in [0.29, 0.717) is 18.2 Å². The summed E-state index contributed by atoms with van der Waals surface area (Å²) in [7, 11) is 1.76. The van der Waals surface area contributed by atoms with Crippen LogP contribution in [0.15, 0.2) is 31.0 Å². The summed E-state index contributed by atoms with van der Waals surface area (Å²) in [4.78, 5) is 19.4. The molecule has 138 valence electrons. The van der Waals surface area contributed by atoms with Gasteiger partial charge in [-0.3, -0.25) is 0 Å². The number of rotatable bonds is 7. The second kappa shape index (κ2) is 7.82. The van der Waals surface area contributed by atoms with Gasteiger partial charge >= 0.3 is 0 Å². The van der Waals surface area contributed by atoms with E-state index in [0.717, 1.165) is 31.6 Å². The van der Waals surface area contributed by atoms with Crippen LogP contribution in [0.5, 0.6) is 5.88 Å². The van der Waals surface area contributed by atoms with Gasteiger partial charge in [0.05, 0.1) is 12.1 Å². The monoisotopic (exact) mass is 356 g/mol. The van der Waals surface area contributed by atoms with E-state index >= 15 is 0 Å². The van der Waals surface area contributed by atoms with E-state index in [4.69, 9.17) is 9.47 Å². The summed E-state index contributed by atoms with van der Waals surface area (Å²) >= 11 is 0. The fourth-order valence-electron chi connectivity index (χ4n) is 3.37. The summed E-state index contributed by atoms with van der Waals surface area (Å²) in [5, 5.41) is 3.41. The number of aromatic nitrogens is 4. The van der Waals surface area contributed by atoms with E-state index in [1.807, 2.05) is 6.07 Å². The van der Waals surface area contributed by atoms with Crippen LogP contribution in [0.3, 0.4) is 0 Å². The molecule has 26 heavy (non-hydrogen) atoms. The van der Waals surface area contributed by atoms with Crippen molar-refractivity contribution in [2.24, 2.45) is 0 Å². The molecule has 3 heterocycles. The van der Waals surface area contributed by atoms with E-state index in [2.05, 4.69) is 30.2 Å². The molecular formula is C18H24N6O2. The number of hydrogen-bond acceptors (Lipinski definition) is 8. The number of anilines is 2. The van der Waals surface area contributed by atoms with Gasteiger partial charge in [0.25, 0.3) is 5.88 Å². The molecule has 0 amide bonds. The zero-order chi connectivity index (χ0) is 17.8. The lowest BCUT2D eigenvalue weighted by atomic mass is 9.96. The Morgan fingerprint density at radius 2 is 2.04 bits per heavy atom. The predicted octanol–water partition coefficient (Wildman–Crippen LogP) is 1.90. The van der Waals surface area contributed by atoms with E-state index < -0.39 is 0 Å². The zero-order valence-corrected chi connectivity index (χ0v) is 14.9. The molecule has 1 saturated heterocycles. The lowest BCUT2D eigenvalue weighted by molar-refractivity contribution is 0.115. The van der Waals surface area contributed by atoms with Crippen LogP contribution in [0.1, 0.15) is 25.7 Å². The van der Waals surface area contributed by atoms with Crippen molar-refractivity contribution in [3.8, 4) is 5.88 Å². The van der Waals surface area contributed by atoms with Gasteiger partial charge in [-0.1, -0.05) is 0 Å². The first-order valence-corrected chi connectivity index (χ1v) is 9.10. The fourth-order valence-corrected chi connectivity index (χ4v) is 3.37. The highest BCUT2D eigenvalue weighted by molar-refractivity contribution is 5.47. The molecule has 2 fully saturated rings. The molecule has 8 nitrogen and oxygen atoms in total. The van der Waals surface area contributed by atoms with Crippen LogP contribution in [0.2, 0.25) is 0 Å². The molecule has 1 aliphatic heterocycles. The molecule has 1 saturated carbocycles. The molecule has 4 rings (SSSR count). The maximum Gasteiger partial charge on any atom is 0.257 e. The molecular weight excluding hydrogens is 332 g/mol. The number of nitrogens with one attached hydrogen (secondary N) is 1. The minimum atomic E-state index is 0.185. The van der Waals surface area contributed by atoms with Crippen molar-refractivity contribution in [3.05, 3.63) is 31.0 Å². The van der Waals surface area contributed by atoms with Gasteiger partial charge in [-0.05, 0) is 31.7 Å². The summed E-state index contributed by atoms with van der Waals surface area (Å²) < 4.78 is 11.5. The van der Waals surface area contributed by atoms with E-state index in [-0.39, 0.29) is 18.2 Å². The van der Waals surface area contributed by atoms with E-state index in [9.17, 15) is 0 Å². The Kier molecular flexibility index (Phi) is 5.10. The number of ether oxygens (including phenoxy) is 2. The largest absolute Gasteiger partial charge is 0.472 e. The SMILES string of the molecule is CO[C@@H]1C[C@H](CNc2nccnc2OC2CCC2)N(c2ccncn2)C1. The summed E-state index contributed by atoms with van der Waals surface area (Å²) in [5.41, 5.74) is 0. The third-order valence-corrected chi connectivity index (χ3v) is 5.07. The van der Waals surface area contributed by atoms with Crippen molar-refractivity contribution in [1.29, 1.82) is 0 Å². The minimum absolute atomic E-state index is 0.185. The van der Waals surface area contributed by atoms with E-state index in [1.54, 1.807) is 32.0 Å². The smallest absolute Gasteiger partial charge is 0.257 e. The Balaban J connectivity index is 1.44. The second-order valence-corrected chi connectivity index (χ2v) is 6.73. The van der Waals surface area contributed by atoms with Gasteiger partial charge < -0.3 is 19.7 Å². The third kappa shape index (κ3) is 3.70. The molecule has 0 bridgehead atoms. The van der Waals surface area contributed by atoms with Crippen molar-refractivity contribution in [3.63, 3.8) is 0 Å². The molecule has 0 spiro atoms. The van der Waals surface area contributed by atoms with Gasteiger partial charge in [0, 0.05) is 38.8 Å². The summed E-state index contributed by atoms with van der Waals surface area (Å²) in [6.07, 6.45) is 11.5. The van der Waals surface area contributed by atoms with Crippen LogP contribution in [-0.2, 0) is 4.74 Å². The minimum Gasteiger partial charge on any atom is -0.472 e. The van der Waals surface area contributed by atoms with Gasteiger partial charge in [0.2, 0.25) is 0 Å². The Morgan fingerprint density at radius 3 is 2.77 bits per heavy atom. The summed E-state index contributed by atoms with van der Waals surface area (Å²) in [5.74, 6) is 2.20. The molecule has 0 aromatic carbocycles. The highest BCUT2D eigenvalue weighted by Gasteiger charge is 2.33. The molecule has 0 unspecified atom stereocenters. The topological polar surface area (TPSA) is 85.3 Å². The second-order valence-electron chi connectivity index (χ2n) is 6.73. The molecule has 0 radical (unpaired) electrons. The Labute approximate surface area is 153 Å². The van der Waals surface area contributed by atoms with Crippen LogP contribution in [0.4, 0.5) is 11.6 Å². The fraction of sp³-hybridized carbons (Fsp3) is 0.556. The quantitative estimate of drug-likeness (QED) is 0.805. The number of nitrogens with zero attached hydrogens (tertiary/aromatic N) is 5. The lowest BCUT2D eigenvalue weighted by Gasteiger charge is -2.27.